The van der Waals surface area contributed by atoms with Gasteiger partial charge in [0, 0.05) is 10.6 Å². The van der Waals surface area contributed by atoms with Gasteiger partial charge in [0.05, 0.1) is 19.8 Å². The third kappa shape index (κ3) is 3.28. The molecule has 0 N–H and O–H groups in total. The van der Waals surface area contributed by atoms with E-state index in [0.29, 0.717) is 16.9 Å². The van der Waals surface area contributed by atoms with Crippen LogP contribution in [0.2, 0.25) is 5.02 Å². The number of methoxy groups -OCH3 is 2. The Morgan fingerprint density at radius 1 is 0.909 bits per heavy atom. The Morgan fingerprint density at radius 3 is 2.09 bits per heavy atom. The fourth-order valence-electron chi connectivity index (χ4n) is 2.54. The van der Waals surface area contributed by atoms with Gasteiger partial charge >= 0.3 is 0 Å². The summed E-state index contributed by atoms with van der Waals surface area (Å²) in [6.45, 7) is 4.30. The highest BCUT2D eigenvalue weighted by Gasteiger charge is 2.21. The van der Waals surface area contributed by atoms with Crippen molar-refractivity contribution in [3.63, 3.8) is 0 Å². The highest BCUT2D eigenvalue weighted by atomic mass is 35.5. The molecule has 0 fully saturated rings. The zero-order chi connectivity index (χ0) is 16.1. The Hall–Kier alpha value is -1.93. The van der Waals surface area contributed by atoms with Gasteiger partial charge in [-0.1, -0.05) is 67.9 Å². The van der Waals surface area contributed by atoms with Crippen molar-refractivity contribution in [2.24, 2.45) is 0 Å². The van der Waals surface area contributed by atoms with E-state index in [4.69, 9.17) is 21.1 Å². The third-order valence-electron chi connectivity index (χ3n) is 3.56. The highest BCUT2D eigenvalue weighted by molar-refractivity contribution is 6.32. The fraction of sp³-hybridized carbons (Fsp3) is 0.263. The van der Waals surface area contributed by atoms with E-state index in [-0.39, 0.29) is 0 Å². The maximum atomic E-state index is 6.53. The smallest absolute Gasteiger partial charge is 0.287 e. The average molecular weight is 317 g/mol. The van der Waals surface area contributed by atoms with Gasteiger partial charge in [-0.3, -0.25) is 0 Å². The van der Waals surface area contributed by atoms with Crippen molar-refractivity contribution in [3.05, 3.63) is 76.2 Å². The van der Waals surface area contributed by atoms with Crippen molar-refractivity contribution < 1.29 is 9.47 Å². The molecule has 0 radical (unpaired) electrons. The van der Waals surface area contributed by atoms with Crippen molar-refractivity contribution >= 4 is 17.2 Å². The molecule has 2 nitrogen and oxygen atoms in total. The Balaban J connectivity index is 2.80. The summed E-state index contributed by atoms with van der Waals surface area (Å²) in [6.07, 6.45) is 0. The molecule has 2 rings (SSSR count). The third-order valence-corrected chi connectivity index (χ3v) is 3.87. The molecular weight excluding hydrogens is 296 g/mol. The Labute approximate surface area is 137 Å². The van der Waals surface area contributed by atoms with E-state index in [1.54, 1.807) is 14.2 Å². The van der Waals surface area contributed by atoms with E-state index in [1.165, 1.54) is 0 Å². The molecule has 0 saturated carbocycles. The molecule has 0 saturated heterocycles. The van der Waals surface area contributed by atoms with Crippen LogP contribution < -0.4 is 0 Å². The molecule has 0 heterocycles. The van der Waals surface area contributed by atoms with Crippen LogP contribution in [-0.4, -0.2) is 14.2 Å². The van der Waals surface area contributed by atoms with E-state index in [1.807, 2.05) is 42.5 Å². The van der Waals surface area contributed by atoms with Crippen molar-refractivity contribution in [1.82, 2.24) is 0 Å². The lowest BCUT2D eigenvalue weighted by Crippen LogP contribution is -2.04. The summed E-state index contributed by atoms with van der Waals surface area (Å²) in [5, 5.41) is 0.691. The number of rotatable bonds is 5. The molecule has 22 heavy (non-hydrogen) atoms. The first kappa shape index (κ1) is 16.4. The molecule has 0 atom stereocenters. The van der Waals surface area contributed by atoms with Crippen LogP contribution in [0.5, 0.6) is 0 Å². The molecule has 3 heteroatoms. The average Bonchev–Trinajstić information content (AvgIpc) is 2.53. The topological polar surface area (TPSA) is 18.5 Å². The van der Waals surface area contributed by atoms with Crippen LogP contribution in [0.3, 0.4) is 0 Å². The van der Waals surface area contributed by atoms with Gasteiger partial charge in [0.2, 0.25) is 0 Å². The monoisotopic (exact) mass is 316 g/mol. The lowest BCUT2D eigenvalue weighted by atomic mass is 9.89. The molecule has 2 aromatic rings. The molecule has 0 unspecified atom stereocenters. The summed E-state index contributed by atoms with van der Waals surface area (Å²) < 4.78 is 10.9. The minimum absolute atomic E-state index is 0.336. The molecule has 0 aromatic heterocycles. The van der Waals surface area contributed by atoms with E-state index >= 15 is 0 Å². The van der Waals surface area contributed by atoms with Crippen molar-refractivity contribution in [2.75, 3.05) is 14.2 Å². The van der Waals surface area contributed by atoms with E-state index < -0.39 is 0 Å². The Kier molecular flexibility index (Phi) is 5.51. The van der Waals surface area contributed by atoms with Crippen LogP contribution in [0, 0.1) is 0 Å². The maximum Gasteiger partial charge on any atom is 0.287 e. The van der Waals surface area contributed by atoms with Crippen LogP contribution in [0.25, 0.3) is 5.57 Å². The maximum absolute atomic E-state index is 6.53. The Morgan fingerprint density at radius 2 is 1.55 bits per heavy atom. The van der Waals surface area contributed by atoms with Gasteiger partial charge in [-0.2, -0.15) is 0 Å². The predicted octanol–water partition coefficient (Wildman–Crippen LogP) is 5.47. The first-order valence-corrected chi connectivity index (χ1v) is 7.64. The summed E-state index contributed by atoms with van der Waals surface area (Å²) in [5.41, 5.74) is 4.01. The van der Waals surface area contributed by atoms with Crippen LogP contribution in [0.1, 0.15) is 36.5 Å². The summed E-state index contributed by atoms with van der Waals surface area (Å²) in [4.78, 5) is 0. The zero-order valence-electron chi connectivity index (χ0n) is 13.4. The molecule has 2 aromatic carbocycles. The van der Waals surface area contributed by atoms with Crippen molar-refractivity contribution in [3.8, 4) is 0 Å². The second-order valence-electron chi connectivity index (χ2n) is 5.30. The first-order valence-electron chi connectivity index (χ1n) is 7.26. The second-order valence-corrected chi connectivity index (χ2v) is 5.70. The summed E-state index contributed by atoms with van der Waals surface area (Å²) in [5.74, 6) is 0.795. The summed E-state index contributed by atoms with van der Waals surface area (Å²) in [6, 6.07) is 16.0. The number of benzene rings is 2. The van der Waals surface area contributed by atoms with Gasteiger partial charge in [-0.15, -0.1) is 0 Å². The standard InChI is InChI=1S/C19H21ClO2/c1-13(2)15-11-8-12-16(20)18(15)17(19(21-3)22-4)14-9-6-5-7-10-14/h5-13H,1-4H3. The molecule has 0 aliphatic carbocycles. The molecule has 0 bridgehead atoms. The highest BCUT2D eigenvalue weighted by Crippen LogP contribution is 2.37. The van der Waals surface area contributed by atoms with Gasteiger partial charge in [0.1, 0.15) is 0 Å². The van der Waals surface area contributed by atoms with Crippen molar-refractivity contribution in [2.45, 2.75) is 19.8 Å². The van der Waals surface area contributed by atoms with Crippen LogP contribution in [0.15, 0.2) is 54.5 Å². The quantitative estimate of drug-likeness (QED) is 0.681. The van der Waals surface area contributed by atoms with Crippen molar-refractivity contribution in [1.29, 1.82) is 0 Å². The number of hydrogen-bond acceptors (Lipinski definition) is 2. The van der Waals surface area contributed by atoms with Gasteiger partial charge in [0.25, 0.3) is 5.95 Å². The van der Waals surface area contributed by atoms with E-state index in [2.05, 4.69) is 19.9 Å². The summed E-state index contributed by atoms with van der Waals surface area (Å²) in [7, 11) is 3.21. The van der Waals surface area contributed by atoms with E-state index in [9.17, 15) is 0 Å². The van der Waals surface area contributed by atoms with Gasteiger partial charge < -0.3 is 9.47 Å². The predicted molar refractivity (Wildman–Crippen MR) is 92.0 cm³/mol. The van der Waals surface area contributed by atoms with Gasteiger partial charge in [0.15, 0.2) is 0 Å². The molecule has 0 aliphatic heterocycles. The van der Waals surface area contributed by atoms with Gasteiger partial charge in [-0.05, 0) is 23.1 Å². The largest absolute Gasteiger partial charge is 0.468 e. The Bertz CT molecular complexity index is 654. The minimum atomic E-state index is 0.336. The SMILES string of the molecule is COC(OC)=C(c1ccccc1)c1c(Cl)cccc1C(C)C. The normalized spacial score (nSPS) is 10.5. The lowest BCUT2D eigenvalue weighted by molar-refractivity contribution is 0.0982. The fourth-order valence-corrected chi connectivity index (χ4v) is 2.82. The first-order chi connectivity index (χ1) is 10.6. The van der Waals surface area contributed by atoms with Crippen LogP contribution >= 0.6 is 11.6 Å². The molecule has 0 spiro atoms. The molecule has 0 aliphatic rings. The number of ether oxygens (including phenoxy) is 2. The second kappa shape index (κ2) is 7.37. The van der Waals surface area contributed by atoms with E-state index in [0.717, 1.165) is 22.3 Å². The number of hydrogen-bond donors (Lipinski definition) is 0. The minimum Gasteiger partial charge on any atom is -0.468 e. The number of halogens is 1. The van der Waals surface area contributed by atoms with Gasteiger partial charge in [-0.25, -0.2) is 0 Å². The lowest BCUT2D eigenvalue weighted by Gasteiger charge is -2.19. The van der Waals surface area contributed by atoms with Crippen LogP contribution in [0.4, 0.5) is 0 Å². The molecular formula is C19H21ClO2. The molecule has 0 amide bonds. The van der Waals surface area contributed by atoms with Crippen LogP contribution in [-0.2, 0) is 9.47 Å². The molecule has 116 valence electrons. The zero-order valence-corrected chi connectivity index (χ0v) is 14.1. The summed E-state index contributed by atoms with van der Waals surface area (Å²) >= 11 is 6.53.